The van der Waals surface area contributed by atoms with Crippen molar-refractivity contribution in [2.75, 3.05) is 0 Å². The second kappa shape index (κ2) is 7.06. The molecule has 120 valence electrons. The van der Waals surface area contributed by atoms with Crippen LogP contribution in [0.2, 0.25) is 5.02 Å². The number of aryl methyl sites for hydroxylation is 1. The maximum Gasteiger partial charge on any atom is 0.263 e. The van der Waals surface area contributed by atoms with Crippen molar-refractivity contribution < 1.29 is 0 Å². The molecule has 0 aliphatic carbocycles. The van der Waals surface area contributed by atoms with E-state index in [9.17, 15) is 4.79 Å². The van der Waals surface area contributed by atoms with Crippen LogP contribution in [0, 0.1) is 18.8 Å². The van der Waals surface area contributed by atoms with Gasteiger partial charge in [0.2, 0.25) is 0 Å². The molecule has 0 bridgehead atoms. The minimum Gasteiger partial charge on any atom is -0.284 e. The molecular weight excluding hydrogens is 457 g/mol. The maximum absolute atomic E-state index is 12.7. The smallest absolute Gasteiger partial charge is 0.263 e. The van der Waals surface area contributed by atoms with Crippen LogP contribution in [-0.2, 0) is 6.54 Å². The highest BCUT2D eigenvalue weighted by Gasteiger charge is 2.10. The van der Waals surface area contributed by atoms with Crippen LogP contribution < -0.4 is 5.56 Å². The van der Waals surface area contributed by atoms with Crippen molar-refractivity contribution in [2.45, 2.75) is 13.5 Å². The van der Waals surface area contributed by atoms with Crippen LogP contribution in [0.4, 0.5) is 0 Å². The molecule has 0 radical (unpaired) electrons. The van der Waals surface area contributed by atoms with E-state index in [1.165, 1.54) is 0 Å². The molecule has 1 aromatic carbocycles. The van der Waals surface area contributed by atoms with E-state index in [2.05, 4.69) is 53.7 Å². The molecule has 0 saturated heterocycles. The van der Waals surface area contributed by atoms with Gasteiger partial charge in [0.25, 0.3) is 5.56 Å². The molecule has 2 aromatic heterocycles. The summed E-state index contributed by atoms with van der Waals surface area (Å²) >= 11 is 12.7. The van der Waals surface area contributed by atoms with Gasteiger partial charge in [-0.15, -0.1) is 0 Å². The van der Waals surface area contributed by atoms with E-state index in [1.54, 1.807) is 36.0 Å². The van der Waals surface area contributed by atoms with E-state index >= 15 is 0 Å². The van der Waals surface area contributed by atoms with E-state index in [1.807, 2.05) is 6.07 Å². The van der Waals surface area contributed by atoms with Gasteiger partial charge in [-0.2, -0.15) is 0 Å². The van der Waals surface area contributed by atoms with Crippen molar-refractivity contribution in [3.63, 3.8) is 0 Å². The van der Waals surface area contributed by atoms with Gasteiger partial charge in [-0.1, -0.05) is 23.4 Å². The first kappa shape index (κ1) is 17.2. The Bertz CT molecular complexity index is 1070. The number of hydrogen-bond donors (Lipinski definition) is 0. The Morgan fingerprint density at radius 1 is 1.25 bits per heavy atom. The van der Waals surface area contributed by atoms with Crippen molar-refractivity contribution in [1.82, 2.24) is 14.5 Å². The minimum atomic E-state index is -0.142. The lowest BCUT2D eigenvalue weighted by atomic mass is 10.2. The van der Waals surface area contributed by atoms with Crippen LogP contribution >= 0.6 is 43.5 Å². The minimum absolute atomic E-state index is 0.142. The Labute approximate surface area is 160 Å². The number of nitrogens with zero attached hydrogens (tertiary/aromatic N) is 3. The lowest BCUT2D eigenvalue weighted by Crippen LogP contribution is -2.24. The number of hydrogen-bond acceptors (Lipinski definition) is 3. The van der Waals surface area contributed by atoms with Crippen molar-refractivity contribution in [3.8, 4) is 11.8 Å². The largest absolute Gasteiger partial charge is 0.284 e. The fraction of sp³-hybridized carbons (Fsp3) is 0.118. The number of pyridine rings is 1. The van der Waals surface area contributed by atoms with Gasteiger partial charge in [-0.25, -0.2) is 4.98 Å². The molecule has 0 fully saturated rings. The van der Waals surface area contributed by atoms with Gasteiger partial charge in [0.1, 0.15) is 5.82 Å². The number of rotatable bonds is 1. The summed E-state index contributed by atoms with van der Waals surface area (Å²) in [5.74, 6) is 6.65. The topological polar surface area (TPSA) is 47.8 Å². The summed E-state index contributed by atoms with van der Waals surface area (Å²) in [6.07, 6.45) is 3.16. The molecule has 2 heterocycles. The van der Waals surface area contributed by atoms with Crippen LogP contribution in [0.3, 0.4) is 0 Å². The first-order valence-corrected chi connectivity index (χ1v) is 8.88. The average Bonchev–Trinajstić information content (AvgIpc) is 2.52. The van der Waals surface area contributed by atoms with E-state index in [-0.39, 0.29) is 12.1 Å². The predicted octanol–water partition coefficient (Wildman–Crippen LogP) is 4.33. The van der Waals surface area contributed by atoms with Crippen molar-refractivity contribution in [1.29, 1.82) is 0 Å². The molecule has 0 aliphatic heterocycles. The Hall–Kier alpha value is -1.68. The standard InChI is InChI=1S/C17H10Br2ClN3O/c1-10-22-15-9-21-8-14(19)16(15)17(24)23(10)6-2-3-11-4-5-12(20)7-13(11)18/h4-5,7-9H,6H2,1H3. The van der Waals surface area contributed by atoms with Gasteiger partial charge in [-0.05, 0) is 57.0 Å². The molecule has 3 rings (SSSR count). The summed E-state index contributed by atoms with van der Waals surface area (Å²) in [5.41, 5.74) is 1.23. The molecule has 0 spiro atoms. The molecule has 0 N–H and O–H groups in total. The molecular formula is C17H10Br2ClN3O. The molecule has 7 heteroatoms. The zero-order valence-corrected chi connectivity index (χ0v) is 16.4. The number of aromatic nitrogens is 3. The van der Waals surface area contributed by atoms with E-state index in [0.29, 0.717) is 26.2 Å². The van der Waals surface area contributed by atoms with Crippen LogP contribution in [0.25, 0.3) is 10.9 Å². The van der Waals surface area contributed by atoms with Gasteiger partial charge >= 0.3 is 0 Å². The number of benzene rings is 1. The van der Waals surface area contributed by atoms with E-state index in [4.69, 9.17) is 11.6 Å². The van der Waals surface area contributed by atoms with Crippen LogP contribution in [0.15, 0.2) is 44.3 Å². The van der Waals surface area contributed by atoms with Crippen LogP contribution in [0.1, 0.15) is 11.4 Å². The third-order valence-corrected chi connectivity index (χ3v) is 4.90. The Kier molecular flexibility index (Phi) is 5.04. The van der Waals surface area contributed by atoms with Crippen LogP contribution in [-0.4, -0.2) is 14.5 Å². The SMILES string of the molecule is Cc1nc2cncc(Br)c2c(=O)n1CC#Cc1ccc(Cl)cc1Br. The number of fused-ring (bicyclic) bond motifs is 1. The highest BCUT2D eigenvalue weighted by atomic mass is 79.9. The second-order valence-corrected chi connectivity index (χ2v) is 7.14. The van der Waals surface area contributed by atoms with E-state index < -0.39 is 0 Å². The number of halogens is 3. The maximum atomic E-state index is 12.7. The first-order chi connectivity index (χ1) is 11.5. The monoisotopic (exact) mass is 465 g/mol. The fourth-order valence-electron chi connectivity index (χ4n) is 2.23. The Morgan fingerprint density at radius 3 is 2.79 bits per heavy atom. The third kappa shape index (κ3) is 3.39. The zero-order chi connectivity index (χ0) is 17.3. The summed E-state index contributed by atoms with van der Waals surface area (Å²) < 4.78 is 2.99. The third-order valence-electron chi connectivity index (χ3n) is 3.40. The summed E-state index contributed by atoms with van der Waals surface area (Å²) in [6.45, 7) is 2.03. The molecule has 4 nitrogen and oxygen atoms in total. The molecule has 0 aliphatic rings. The molecule has 0 amide bonds. The molecule has 0 unspecified atom stereocenters. The molecule has 0 atom stereocenters. The van der Waals surface area contributed by atoms with Gasteiger partial charge in [0, 0.05) is 21.3 Å². The van der Waals surface area contributed by atoms with Gasteiger partial charge in [-0.3, -0.25) is 14.3 Å². The summed E-state index contributed by atoms with van der Waals surface area (Å²) in [5, 5.41) is 1.14. The predicted molar refractivity (Wildman–Crippen MR) is 102 cm³/mol. The highest BCUT2D eigenvalue weighted by Crippen LogP contribution is 2.21. The van der Waals surface area contributed by atoms with Crippen molar-refractivity contribution in [2.24, 2.45) is 0 Å². The normalized spacial score (nSPS) is 10.5. The van der Waals surface area contributed by atoms with Gasteiger partial charge < -0.3 is 0 Å². The summed E-state index contributed by atoms with van der Waals surface area (Å²) in [6, 6.07) is 5.38. The van der Waals surface area contributed by atoms with Gasteiger partial charge in [0.15, 0.2) is 0 Å². The second-order valence-electron chi connectivity index (χ2n) is 4.99. The first-order valence-electron chi connectivity index (χ1n) is 6.92. The quantitative estimate of drug-likeness (QED) is 0.501. The van der Waals surface area contributed by atoms with Crippen molar-refractivity contribution >= 4 is 54.4 Å². The highest BCUT2D eigenvalue weighted by molar-refractivity contribution is 9.11. The van der Waals surface area contributed by atoms with E-state index in [0.717, 1.165) is 10.0 Å². The Morgan fingerprint density at radius 2 is 2.04 bits per heavy atom. The average molecular weight is 468 g/mol. The van der Waals surface area contributed by atoms with Crippen LogP contribution in [0.5, 0.6) is 0 Å². The molecule has 0 saturated carbocycles. The lowest BCUT2D eigenvalue weighted by Gasteiger charge is -2.08. The van der Waals surface area contributed by atoms with Gasteiger partial charge in [0.05, 0.1) is 28.1 Å². The lowest BCUT2D eigenvalue weighted by molar-refractivity contribution is 0.740. The summed E-state index contributed by atoms with van der Waals surface area (Å²) in [4.78, 5) is 21.2. The Balaban J connectivity index is 2.01. The zero-order valence-electron chi connectivity index (χ0n) is 12.5. The molecule has 3 aromatic rings. The fourth-order valence-corrected chi connectivity index (χ4v) is 3.50. The summed E-state index contributed by atoms with van der Waals surface area (Å²) in [7, 11) is 0. The van der Waals surface area contributed by atoms with Crippen molar-refractivity contribution in [3.05, 3.63) is 66.3 Å². The molecule has 24 heavy (non-hydrogen) atoms.